The number of ether oxygens (including phenoxy) is 1. The summed E-state index contributed by atoms with van der Waals surface area (Å²) < 4.78 is 26.0. The molecule has 7 nitrogen and oxygen atoms in total. The Kier molecular flexibility index (Phi) is 6.12. The van der Waals surface area contributed by atoms with Gasteiger partial charge in [0.15, 0.2) is 5.76 Å². The van der Waals surface area contributed by atoms with Crippen molar-refractivity contribution in [2.75, 3.05) is 4.90 Å². The third-order valence-corrected chi connectivity index (χ3v) is 8.15. The molecule has 1 aliphatic carbocycles. The Balaban J connectivity index is 1.24. The fourth-order valence-electron chi connectivity index (χ4n) is 5.71. The standard InChI is InChI=1S/C27H23Cl2FN2O5/c28-19-2-1-3-20(29)22(19)24-23(25(37-31-24)13-4-5-13)27(35)36-17-10-14-6-7-15(11-17)32(14)16-8-9-18(26(33)34)21(30)12-16/h1-3,8-9,12-15,17H,4-7,10-11H2,(H,33,34). The quantitative estimate of drug-likeness (QED) is 0.344. The van der Waals surface area contributed by atoms with Gasteiger partial charge in [-0.3, -0.25) is 0 Å². The molecule has 2 unspecified atom stereocenters. The molecule has 2 saturated heterocycles. The van der Waals surface area contributed by atoms with Crippen LogP contribution < -0.4 is 4.90 Å². The van der Waals surface area contributed by atoms with E-state index in [0.29, 0.717) is 39.9 Å². The number of hydrogen-bond acceptors (Lipinski definition) is 6. The number of carboxylic acids is 1. The van der Waals surface area contributed by atoms with Crippen LogP contribution in [-0.4, -0.2) is 40.4 Å². The van der Waals surface area contributed by atoms with Crippen LogP contribution in [0.4, 0.5) is 10.1 Å². The lowest BCUT2D eigenvalue weighted by Crippen LogP contribution is -2.46. The maximum Gasteiger partial charge on any atom is 0.344 e. The van der Waals surface area contributed by atoms with Crippen LogP contribution in [0.5, 0.6) is 0 Å². The second-order valence-electron chi connectivity index (χ2n) is 9.90. The van der Waals surface area contributed by atoms with Crippen LogP contribution >= 0.6 is 23.2 Å². The van der Waals surface area contributed by atoms with E-state index in [1.165, 1.54) is 12.1 Å². The Hall–Kier alpha value is -3.10. The third-order valence-electron chi connectivity index (χ3n) is 7.52. The van der Waals surface area contributed by atoms with E-state index in [0.717, 1.165) is 25.7 Å². The second kappa shape index (κ2) is 9.33. The van der Waals surface area contributed by atoms with Gasteiger partial charge in [0.1, 0.15) is 23.2 Å². The molecule has 1 aromatic heterocycles. The fourth-order valence-corrected chi connectivity index (χ4v) is 6.29. The molecule has 1 N–H and O–H groups in total. The van der Waals surface area contributed by atoms with Crippen LogP contribution in [0.25, 0.3) is 11.3 Å². The number of hydrogen-bond donors (Lipinski definition) is 1. The van der Waals surface area contributed by atoms with E-state index >= 15 is 0 Å². The zero-order valence-electron chi connectivity index (χ0n) is 19.6. The van der Waals surface area contributed by atoms with Crippen molar-refractivity contribution in [2.45, 2.75) is 62.6 Å². The zero-order valence-corrected chi connectivity index (χ0v) is 21.1. The maximum atomic E-state index is 14.4. The summed E-state index contributed by atoms with van der Waals surface area (Å²) in [7, 11) is 0. The summed E-state index contributed by atoms with van der Waals surface area (Å²) in [4.78, 5) is 26.9. The van der Waals surface area contributed by atoms with Crippen molar-refractivity contribution < 1.29 is 28.3 Å². The molecule has 0 spiro atoms. The van der Waals surface area contributed by atoms with E-state index in [-0.39, 0.29) is 40.9 Å². The van der Waals surface area contributed by atoms with E-state index < -0.39 is 17.8 Å². The Morgan fingerprint density at radius 1 is 1.05 bits per heavy atom. The number of esters is 1. The number of rotatable bonds is 6. The van der Waals surface area contributed by atoms with E-state index in [9.17, 15) is 14.0 Å². The number of benzene rings is 2. The second-order valence-corrected chi connectivity index (χ2v) is 10.7. The minimum Gasteiger partial charge on any atom is -0.478 e. The number of carboxylic acid groups (broad SMARTS) is 1. The van der Waals surface area contributed by atoms with Crippen LogP contribution in [0.3, 0.4) is 0 Å². The van der Waals surface area contributed by atoms with Crippen LogP contribution in [0, 0.1) is 5.82 Å². The van der Waals surface area contributed by atoms with Crippen LogP contribution in [0.2, 0.25) is 10.0 Å². The molecule has 6 rings (SSSR count). The Bertz CT molecular complexity index is 1370. The SMILES string of the molecule is O=C(O)c1ccc(N2C3CCC2CC(OC(=O)c2c(-c4c(Cl)cccc4Cl)noc2C2CC2)C3)cc1F. The summed E-state index contributed by atoms with van der Waals surface area (Å²) in [5.74, 6) is -1.95. The highest BCUT2D eigenvalue weighted by atomic mass is 35.5. The molecule has 10 heteroatoms. The topological polar surface area (TPSA) is 92.9 Å². The van der Waals surface area contributed by atoms with Crippen molar-refractivity contribution in [1.29, 1.82) is 0 Å². The lowest BCUT2D eigenvalue weighted by atomic mass is 9.98. The van der Waals surface area contributed by atoms with E-state index in [2.05, 4.69) is 10.1 Å². The van der Waals surface area contributed by atoms with Crippen molar-refractivity contribution >= 4 is 40.8 Å². The van der Waals surface area contributed by atoms with Crippen molar-refractivity contribution in [3.63, 3.8) is 0 Å². The first kappa shape index (κ1) is 24.2. The highest BCUT2D eigenvalue weighted by molar-refractivity contribution is 6.39. The summed E-state index contributed by atoms with van der Waals surface area (Å²) in [5.41, 5.74) is 1.30. The number of halogens is 3. The number of carbonyl (C=O) groups excluding carboxylic acids is 1. The van der Waals surface area contributed by atoms with Crippen molar-refractivity contribution in [3.05, 3.63) is 69.1 Å². The Labute approximate surface area is 222 Å². The van der Waals surface area contributed by atoms with E-state index in [1.54, 1.807) is 24.3 Å². The molecule has 0 radical (unpaired) electrons. The minimum atomic E-state index is -1.30. The fraction of sp³-hybridized carbons (Fsp3) is 0.370. The van der Waals surface area contributed by atoms with Crippen molar-refractivity contribution in [1.82, 2.24) is 5.16 Å². The molecular weight excluding hydrogens is 522 g/mol. The largest absolute Gasteiger partial charge is 0.478 e. The molecule has 37 heavy (non-hydrogen) atoms. The van der Waals surface area contributed by atoms with Gasteiger partial charge in [-0.2, -0.15) is 0 Å². The Morgan fingerprint density at radius 2 is 1.73 bits per heavy atom. The van der Waals surface area contributed by atoms with Gasteiger partial charge in [-0.1, -0.05) is 34.4 Å². The number of piperidine rings is 1. The van der Waals surface area contributed by atoms with Crippen LogP contribution in [0.15, 0.2) is 40.9 Å². The molecule has 3 heterocycles. The number of anilines is 1. The average Bonchev–Trinajstić information content (AvgIpc) is 3.54. The lowest BCUT2D eigenvalue weighted by molar-refractivity contribution is 0.0202. The van der Waals surface area contributed by atoms with Gasteiger partial charge < -0.3 is 19.3 Å². The predicted octanol–water partition coefficient (Wildman–Crippen LogP) is 6.72. The molecule has 2 bridgehead atoms. The first-order chi connectivity index (χ1) is 17.8. The zero-order chi connectivity index (χ0) is 25.8. The molecule has 3 fully saturated rings. The van der Waals surface area contributed by atoms with Gasteiger partial charge in [0.25, 0.3) is 0 Å². The number of aromatic nitrogens is 1. The number of fused-ring (bicyclic) bond motifs is 2. The van der Waals surface area contributed by atoms with E-state index in [1.807, 2.05) is 0 Å². The molecule has 192 valence electrons. The lowest BCUT2D eigenvalue weighted by Gasteiger charge is -2.40. The first-order valence-corrected chi connectivity index (χ1v) is 13.0. The summed E-state index contributed by atoms with van der Waals surface area (Å²) in [5, 5.41) is 14.0. The number of nitrogens with zero attached hydrogens (tertiary/aromatic N) is 2. The third kappa shape index (κ3) is 4.36. The highest BCUT2D eigenvalue weighted by Gasteiger charge is 2.44. The monoisotopic (exact) mass is 544 g/mol. The number of aromatic carboxylic acids is 1. The van der Waals surface area contributed by atoms with Crippen LogP contribution in [-0.2, 0) is 4.74 Å². The van der Waals surface area contributed by atoms with Gasteiger partial charge in [0.05, 0.1) is 15.6 Å². The molecule has 3 aromatic rings. The van der Waals surface area contributed by atoms with Gasteiger partial charge in [0.2, 0.25) is 0 Å². The molecular formula is C27H23Cl2FN2O5. The molecule has 2 aliphatic heterocycles. The van der Waals surface area contributed by atoms with Gasteiger partial charge in [-0.25, -0.2) is 14.0 Å². The summed E-state index contributed by atoms with van der Waals surface area (Å²) in [6.45, 7) is 0. The van der Waals surface area contributed by atoms with Gasteiger partial charge in [0, 0.05) is 42.1 Å². The predicted molar refractivity (Wildman–Crippen MR) is 135 cm³/mol. The minimum absolute atomic E-state index is 0.0505. The summed E-state index contributed by atoms with van der Waals surface area (Å²) in [6, 6.07) is 9.40. The highest BCUT2D eigenvalue weighted by Crippen LogP contribution is 2.47. The van der Waals surface area contributed by atoms with Crippen molar-refractivity contribution in [2.24, 2.45) is 0 Å². The molecule has 2 atom stereocenters. The summed E-state index contributed by atoms with van der Waals surface area (Å²) >= 11 is 12.8. The van der Waals surface area contributed by atoms with Gasteiger partial charge in [-0.05, 0) is 56.0 Å². The smallest absolute Gasteiger partial charge is 0.344 e. The van der Waals surface area contributed by atoms with Crippen molar-refractivity contribution in [3.8, 4) is 11.3 Å². The van der Waals surface area contributed by atoms with Gasteiger partial charge in [-0.15, -0.1) is 0 Å². The van der Waals surface area contributed by atoms with E-state index in [4.69, 9.17) is 37.6 Å². The molecule has 3 aliphatic rings. The molecule has 1 saturated carbocycles. The Morgan fingerprint density at radius 3 is 2.32 bits per heavy atom. The molecule has 0 amide bonds. The van der Waals surface area contributed by atoms with Crippen LogP contribution in [0.1, 0.15) is 70.9 Å². The number of carbonyl (C=O) groups is 2. The first-order valence-electron chi connectivity index (χ1n) is 12.3. The summed E-state index contributed by atoms with van der Waals surface area (Å²) in [6.07, 6.45) is 4.40. The molecule has 2 aromatic carbocycles. The van der Waals surface area contributed by atoms with Gasteiger partial charge >= 0.3 is 11.9 Å². The average molecular weight is 545 g/mol. The normalized spacial score (nSPS) is 22.8. The maximum absolute atomic E-state index is 14.4.